The molecule has 24 heavy (non-hydrogen) atoms. The lowest BCUT2D eigenvalue weighted by Gasteiger charge is -2.24. The van der Waals surface area contributed by atoms with Crippen molar-refractivity contribution in [2.45, 2.75) is 39.2 Å². The molecule has 3 N–H and O–H groups in total. The highest BCUT2D eigenvalue weighted by Gasteiger charge is 2.16. The number of rotatable bonds is 7. The Morgan fingerprint density at radius 3 is 2.71 bits per heavy atom. The van der Waals surface area contributed by atoms with E-state index < -0.39 is 0 Å². The second kappa shape index (κ2) is 8.20. The third kappa shape index (κ3) is 4.51. The molecule has 5 nitrogen and oxygen atoms in total. The van der Waals surface area contributed by atoms with Crippen LogP contribution in [0.3, 0.4) is 0 Å². The highest BCUT2D eigenvalue weighted by Crippen LogP contribution is 2.22. The lowest BCUT2D eigenvalue weighted by Crippen LogP contribution is -2.45. The summed E-state index contributed by atoms with van der Waals surface area (Å²) >= 11 is 0. The molecule has 1 aromatic heterocycles. The van der Waals surface area contributed by atoms with E-state index in [0.717, 1.165) is 25.3 Å². The van der Waals surface area contributed by atoms with E-state index in [-0.39, 0.29) is 5.60 Å². The normalized spacial score (nSPS) is 12.6. The number of para-hydroxylation sites is 1. The van der Waals surface area contributed by atoms with Crippen LogP contribution in [0, 0.1) is 0 Å². The van der Waals surface area contributed by atoms with Gasteiger partial charge in [-0.15, -0.1) is 0 Å². The molecule has 5 heteroatoms. The average molecular weight is 330 g/mol. The summed E-state index contributed by atoms with van der Waals surface area (Å²) in [6.07, 6.45) is 4.11. The Morgan fingerprint density at radius 2 is 2.04 bits per heavy atom. The van der Waals surface area contributed by atoms with Gasteiger partial charge in [0.25, 0.3) is 0 Å². The Morgan fingerprint density at radius 1 is 1.25 bits per heavy atom. The molecule has 0 atom stereocenters. The predicted octanol–water partition coefficient (Wildman–Crippen LogP) is 2.86. The van der Waals surface area contributed by atoms with E-state index in [2.05, 4.69) is 51.9 Å². The smallest absolute Gasteiger partial charge is 0.191 e. The fraction of sp³-hybridized carbons (Fsp3) is 0.526. The van der Waals surface area contributed by atoms with E-state index >= 15 is 0 Å². The minimum absolute atomic E-state index is 0.217. The van der Waals surface area contributed by atoms with E-state index in [1.54, 1.807) is 14.2 Å². The molecule has 0 spiro atoms. The molecule has 0 unspecified atom stereocenters. The maximum absolute atomic E-state index is 5.42. The van der Waals surface area contributed by atoms with Gasteiger partial charge in [0.05, 0.1) is 5.60 Å². The second-order valence-corrected chi connectivity index (χ2v) is 6.57. The zero-order valence-corrected chi connectivity index (χ0v) is 15.5. The van der Waals surface area contributed by atoms with Gasteiger partial charge in [0, 0.05) is 44.3 Å². The molecule has 0 fully saturated rings. The van der Waals surface area contributed by atoms with Crippen LogP contribution in [-0.2, 0) is 17.6 Å². The van der Waals surface area contributed by atoms with E-state index in [0.29, 0.717) is 6.54 Å². The average Bonchev–Trinajstić information content (AvgIpc) is 3.01. The van der Waals surface area contributed by atoms with Crippen molar-refractivity contribution in [3.8, 4) is 0 Å². The third-order valence-electron chi connectivity index (χ3n) is 4.41. The van der Waals surface area contributed by atoms with Crippen LogP contribution in [0.15, 0.2) is 29.4 Å². The minimum atomic E-state index is -0.217. The van der Waals surface area contributed by atoms with Crippen LogP contribution < -0.4 is 10.6 Å². The van der Waals surface area contributed by atoms with Crippen LogP contribution in [0.25, 0.3) is 10.9 Å². The number of nitrogens with one attached hydrogen (secondary N) is 3. The van der Waals surface area contributed by atoms with E-state index in [4.69, 9.17) is 4.74 Å². The first-order chi connectivity index (χ1) is 11.5. The number of hydrogen-bond acceptors (Lipinski definition) is 2. The van der Waals surface area contributed by atoms with Gasteiger partial charge in [-0.2, -0.15) is 0 Å². The number of benzene rings is 1. The van der Waals surface area contributed by atoms with Gasteiger partial charge >= 0.3 is 0 Å². The summed E-state index contributed by atoms with van der Waals surface area (Å²) in [5, 5.41) is 7.99. The number of aromatic nitrogens is 1. The third-order valence-corrected chi connectivity index (χ3v) is 4.41. The van der Waals surface area contributed by atoms with Crippen molar-refractivity contribution >= 4 is 16.9 Å². The first-order valence-electron chi connectivity index (χ1n) is 8.58. The van der Waals surface area contributed by atoms with Gasteiger partial charge in [-0.1, -0.05) is 25.1 Å². The molecule has 0 bridgehead atoms. The lowest BCUT2D eigenvalue weighted by molar-refractivity contribution is 0.0268. The zero-order valence-electron chi connectivity index (χ0n) is 15.5. The highest BCUT2D eigenvalue weighted by molar-refractivity contribution is 5.86. The Labute approximate surface area is 144 Å². The number of nitrogens with zero attached hydrogens (tertiary/aromatic N) is 1. The summed E-state index contributed by atoms with van der Waals surface area (Å²) in [4.78, 5) is 7.69. The van der Waals surface area contributed by atoms with Gasteiger partial charge in [0.1, 0.15) is 0 Å². The van der Waals surface area contributed by atoms with Crippen LogP contribution >= 0.6 is 0 Å². The van der Waals surface area contributed by atoms with Crippen LogP contribution in [0.5, 0.6) is 0 Å². The monoisotopic (exact) mass is 330 g/mol. The second-order valence-electron chi connectivity index (χ2n) is 6.57. The van der Waals surface area contributed by atoms with Crippen molar-refractivity contribution in [2.75, 3.05) is 27.2 Å². The molecule has 0 aliphatic rings. The quantitative estimate of drug-likeness (QED) is 0.540. The first kappa shape index (κ1) is 18.3. The number of H-pyrrole nitrogens is 1. The largest absolute Gasteiger partial charge is 0.377 e. The summed E-state index contributed by atoms with van der Waals surface area (Å²) in [5.74, 6) is 0.800. The Kier molecular flexibility index (Phi) is 6.26. The van der Waals surface area contributed by atoms with Gasteiger partial charge < -0.3 is 20.4 Å². The number of guanidine groups is 1. The number of hydrogen-bond donors (Lipinski definition) is 3. The first-order valence-corrected chi connectivity index (χ1v) is 8.58. The van der Waals surface area contributed by atoms with Gasteiger partial charge in [-0.25, -0.2) is 0 Å². The molecule has 0 aliphatic carbocycles. The molecule has 2 rings (SSSR count). The number of aromatic amines is 1. The van der Waals surface area contributed by atoms with Crippen molar-refractivity contribution in [3.05, 3.63) is 35.5 Å². The van der Waals surface area contributed by atoms with Crippen molar-refractivity contribution in [1.29, 1.82) is 0 Å². The van der Waals surface area contributed by atoms with Crippen LogP contribution in [0.1, 0.15) is 31.9 Å². The molecule has 132 valence electrons. The molecule has 0 saturated carbocycles. The fourth-order valence-electron chi connectivity index (χ4n) is 2.68. The van der Waals surface area contributed by atoms with E-state index in [9.17, 15) is 0 Å². The topological polar surface area (TPSA) is 61.4 Å². The molecule has 1 heterocycles. The lowest BCUT2D eigenvalue weighted by atomic mass is 10.1. The summed E-state index contributed by atoms with van der Waals surface area (Å²) < 4.78 is 5.42. The Balaban J connectivity index is 1.92. The predicted molar refractivity (Wildman–Crippen MR) is 102 cm³/mol. The molecule has 0 amide bonds. The molecule has 2 aromatic rings. The number of methoxy groups -OCH3 is 1. The van der Waals surface area contributed by atoms with Crippen molar-refractivity contribution in [2.24, 2.45) is 4.99 Å². The molecule has 0 aliphatic heterocycles. The van der Waals surface area contributed by atoms with Gasteiger partial charge in [0.15, 0.2) is 5.96 Å². The van der Waals surface area contributed by atoms with Crippen molar-refractivity contribution in [3.63, 3.8) is 0 Å². The van der Waals surface area contributed by atoms with Crippen molar-refractivity contribution in [1.82, 2.24) is 15.6 Å². The zero-order chi connectivity index (χ0) is 17.6. The summed E-state index contributed by atoms with van der Waals surface area (Å²) in [6, 6.07) is 6.51. The fourth-order valence-corrected chi connectivity index (χ4v) is 2.68. The Hall–Kier alpha value is -2.01. The van der Waals surface area contributed by atoms with Crippen LogP contribution in [-0.4, -0.2) is 43.8 Å². The summed E-state index contributed by atoms with van der Waals surface area (Å²) in [5.41, 5.74) is 3.75. The Bertz CT molecular complexity index is 688. The number of aliphatic imine (C=N–C) groups is 1. The number of ether oxygens (including phenoxy) is 1. The van der Waals surface area contributed by atoms with E-state index in [1.807, 2.05) is 13.8 Å². The van der Waals surface area contributed by atoms with Gasteiger partial charge in [0.2, 0.25) is 0 Å². The van der Waals surface area contributed by atoms with Crippen LogP contribution in [0.2, 0.25) is 0 Å². The molecule has 0 radical (unpaired) electrons. The molecular formula is C19H30N4O. The molecule has 1 aromatic carbocycles. The number of aryl methyl sites for hydroxylation is 1. The minimum Gasteiger partial charge on any atom is -0.377 e. The van der Waals surface area contributed by atoms with Gasteiger partial charge in [-0.3, -0.25) is 4.99 Å². The molecular weight excluding hydrogens is 300 g/mol. The SMILES string of the molecule is CCc1cccc2c(CCNC(=NC)NCC(C)(C)OC)c[nH]c12. The number of fused-ring (bicyclic) bond motifs is 1. The van der Waals surface area contributed by atoms with Crippen LogP contribution in [0.4, 0.5) is 0 Å². The van der Waals surface area contributed by atoms with Crippen molar-refractivity contribution < 1.29 is 4.74 Å². The maximum Gasteiger partial charge on any atom is 0.191 e. The summed E-state index contributed by atoms with van der Waals surface area (Å²) in [6.45, 7) is 7.82. The maximum atomic E-state index is 5.42. The van der Waals surface area contributed by atoms with E-state index in [1.165, 1.54) is 22.0 Å². The molecule has 0 saturated heterocycles. The summed E-state index contributed by atoms with van der Waals surface area (Å²) in [7, 11) is 3.51. The highest BCUT2D eigenvalue weighted by atomic mass is 16.5. The standard InChI is InChI=1S/C19H30N4O/c1-6-14-8-7-9-16-15(12-22-17(14)16)10-11-21-18(20-4)23-13-19(2,3)24-5/h7-9,12,22H,6,10-11,13H2,1-5H3,(H2,20,21,23). The van der Waals surface area contributed by atoms with Gasteiger partial charge in [-0.05, 0) is 37.8 Å².